The van der Waals surface area contributed by atoms with Gasteiger partial charge in [-0.3, -0.25) is 4.90 Å². The minimum absolute atomic E-state index is 0.340. The summed E-state index contributed by atoms with van der Waals surface area (Å²) in [6.45, 7) is 0.340. The van der Waals surface area contributed by atoms with E-state index >= 15 is 0 Å². The maximum atomic E-state index is 10.7. The summed E-state index contributed by atoms with van der Waals surface area (Å²) in [5.74, 6) is -1.04. The topological polar surface area (TPSA) is 77.8 Å². The van der Waals surface area contributed by atoms with Crippen LogP contribution in [0.4, 0.5) is 4.79 Å². The van der Waals surface area contributed by atoms with E-state index in [0.717, 1.165) is 24.2 Å². The Kier molecular flexibility index (Phi) is 3.11. The number of carbonyl (C=O) groups is 2. The van der Waals surface area contributed by atoms with Gasteiger partial charge in [0.05, 0.1) is 0 Å². The lowest BCUT2D eigenvalue weighted by Crippen LogP contribution is -2.43. The molecular formula is C8H13NO4. The molecule has 5 nitrogen and oxygen atoms in total. The van der Waals surface area contributed by atoms with Crippen LogP contribution in [0.5, 0.6) is 0 Å². The maximum absolute atomic E-state index is 10.7. The van der Waals surface area contributed by atoms with Crippen LogP contribution in [-0.2, 0) is 4.79 Å². The largest absolute Gasteiger partial charge is 0.480 e. The molecule has 0 aliphatic carbocycles. The van der Waals surface area contributed by atoms with Crippen molar-refractivity contribution < 1.29 is 19.8 Å². The number of hydrogen-bond acceptors (Lipinski definition) is 2. The predicted octanol–water partition coefficient (Wildman–Crippen LogP) is 0.994. The summed E-state index contributed by atoms with van der Waals surface area (Å²) in [6.07, 6.45) is 1.76. The van der Waals surface area contributed by atoms with Gasteiger partial charge in [0.25, 0.3) is 0 Å². The minimum Gasteiger partial charge on any atom is -0.480 e. The van der Waals surface area contributed by atoms with Gasteiger partial charge in [0.1, 0.15) is 6.04 Å². The van der Waals surface area contributed by atoms with Crippen molar-refractivity contribution in [3.63, 3.8) is 0 Å². The molecule has 0 bridgehead atoms. The molecule has 1 atom stereocenters. The van der Waals surface area contributed by atoms with Crippen LogP contribution in [0.1, 0.15) is 25.7 Å². The molecule has 1 aliphatic rings. The monoisotopic (exact) mass is 187 g/mol. The number of nitrogens with zero attached hydrogens (tertiary/aromatic N) is 1. The first-order chi connectivity index (χ1) is 6.13. The third kappa shape index (κ3) is 2.34. The molecule has 0 aromatic rings. The average Bonchev–Trinajstić information content (AvgIpc) is 2.27. The Morgan fingerprint density at radius 3 is 2.38 bits per heavy atom. The first-order valence-corrected chi connectivity index (χ1v) is 4.35. The van der Waals surface area contributed by atoms with Crippen molar-refractivity contribution in [3.05, 3.63) is 0 Å². The van der Waals surface area contributed by atoms with Crippen LogP contribution in [0.25, 0.3) is 0 Å². The van der Waals surface area contributed by atoms with Crippen LogP contribution in [0.2, 0.25) is 0 Å². The number of carboxylic acids is 1. The second-order valence-corrected chi connectivity index (χ2v) is 3.18. The Labute approximate surface area is 76.0 Å². The molecular weight excluding hydrogens is 174 g/mol. The van der Waals surface area contributed by atoms with Gasteiger partial charge < -0.3 is 10.2 Å². The fourth-order valence-corrected chi connectivity index (χ4v) is 1.59. The predicted molar refractivity (Wildman–Crippen MR) is 44.6 cm³/mol. The van der Waals surface area contributed by atoms with Crippen molar-refractivity contribution in [1.29, 1.82) is 0 Å². The Bertz CT molecular complexity index is 194. The number of likely N-dealkylation sites (tertiary alicyclic amines) is 1. The van der Waals surface area contributed by atoms with E-state index < -0.39 is 18.1 Å². The standard InChI is InChI=1S/C8H13NO4/c10-7(11)6-4-2-1-3-5-9(6)8(12)13/h6H,1-5H2,(H,10,11)(H,12,13)/t6-/m0/s1. The zero-order chi connectivity index (χ0) is 9.84. The molecule has 74 valence electrons. The second-order valence-electron chi connectivity index (χ2n) is 3.18. The zero-order valence-corrected chi connectivity index (χ0v) is 7.27. The summed E-state index contributed by atoms with van der Waals surface area (Å²) in [7, 11) is 0. The van der Waals surface area contributed by atoms with Crippen LogP contribution < -0.4 is 0 Å². The van der Waals surface area contributed by atoms with Crippen LogP contribution in [0.15, 0.2) is 0 Å². The third-order valence-electron chi connectivity index (χ3n) is 2.28. The van der Waals surface area contributed by atoms with E-state index in [9.17, 15) is 9.59 Å². The Morgan fingerprint density at radius 1 is 1.15 bits per heavy atom. The summed E-state index contributed by atoms with van der Waals surface area (Å²) < 4.78 is 0. The van der Waals surface area contributed by atoms with Gasteiger partial charge in [-0.05, 0) is 12.8 Å². The van der Waals surface area contributed by atoms with Crippen molar-refractivity contribution in [2.45, 2.75) is 31.7 Å². The van der Waals surface area contributed by atoms with E-state index in [2.05, 4.69) is 0 Å². The lowest BCUT2D eigenvalue weighted by atomic mass is 10.1. The van der Waals surface area contributed by atoms with Crippen LogP contribution >= 0.6 is 0 Å². The molecule has 0 aromatic heterocycles. The average molecular weight is 187 g/mol. The van der Waals surface area contributed by atoms with Crippen molar-refractivity contribution in [2.24, 2.45) is 0 Å². The van der Waals surface area contributed by atoms with Crippen LogP contribution in [0, 0.1) is 0 Å². The Balaban J connectivity index is 2.72. The van der Waals surface area contributed by atoms with Gasteiger partial charge in [-0.25, -0.2) is 9.59 Å². The van der Waals surface area contributed by atoms with E-state index in [-0.39, 0.29) is 0 Å². The van der Waals surface area contributed by atoms with E-state index in [0.29, 0.717) is 13.0 Å². The molecule has 5 heteroatoms. The number of aliphatic carboxylic acids is 1. The summed E-state index contributed by atoms with van der Waals surface area (Å²) in [6, 6.07) is -0.847. The molecule has 0 saturated carbocycles. The van der Waals surface area contributed by atoms with Gasteiger partial charge in [-0.1, -0.05) is 12.8 Å². The maximum Gasteiger partial charge on any atom is 0.408 e. The van der Waals surface area contributed by atoms with Gasteiger partial charge in [0.2, 0.25) is 0 Å². The van der Waals surface area contributed by atoms with Gasteiger partial charge >= 0.3 is 12.1 Å². The quantitative estimate of drug-likeness (QED) is 0.641. The molecule has 1 amide bonds. The Morgan fingerprint density at radius 2 is 1.85 bits per heavy atom. The number of carboxylic acid groups (broad SMARTS) is 2. The molecule has 13 heavy (non-hydrogen) atoms. The molecule has 0 aromatic carbocycles. The highest BCUT2D eigenvalue weighted by Gasteiger charge is 2.30. The van der Waals surface area contributed by atoms with E-state index in [4.69, 9.17) is 10.2 Å². The van der Waals surface area contributed by atoms with Crippen molar-refractivity contribution >= 4 is 12.1 Å². The van der Waals surface area contributed by atoms with E-state index in [1.807, 2.05) is 0 Å². The Hall–Kier alpha value is -1.26. The zero-order valence-electron chi connectivity index (χ0n) is 7.27. The number of rotatable bonds is 1. The van der Waals surface area contributed by atoms with Gasteiger partial charge in [0, 0.05) is 6.54 Å². The van der Waals surface area contributed by atoms with Gasteiger partial charge in [0.15, 0.2) is 0 Å². The molecule has 0 radical (unpaired) electrons. The van der Waals surface area contributed by atoms with Crippen molar-refractivity contribution in [2.75, 3.05) is 6.54 Å². The molecule has 1 fully saturated rings. The molecule has 2 N–H and O–H groups in total. The van der Waals surface area contributed by atoms with Crippen molar-refractivity contribution in [1.82, 2.24) is 4.90 Å². The second kappa shape index (κ2) is 4.11. The molecule has 0 spiro atoms. The first-order valence-electron chi connectivity index (χ1n) is 4.35. The van der Waals surface area contributed by atoms with Gasteiger partial charge in [-0.2, -0.15) is 0 Å². The lowest BCUT2D eigenvalue weighted by molar-refractivity contribution is -0.142. The minimum atomic E-state index is -1.13. The normalized spacial score (nSPS) is 23.7. The highest BCUT2D eigenvalue weighted by atomic mass is 16.4. The van der Waals surface area contributed by atoms with E-state index in [1.165, 1.54) is 0 Å². The number of amides is 1. The highest BCUT2D eigenvalue weighted by Crippen LogP contribution is 2.16. The lowest BCUT2D eigenvalue weighted by Gasteiger charge is -2.23. The smallest absolute Gasteiger partial charge is 0.408 e. The van der Waals surface area contributed by atoms with Crippen molar-refractivity contribution in [3.8, 4) is 0 Å². The van der Waals surface area contributed by atoms with Crippen LogP contribution in [0.3, 0.4) is 0 Å². The highest BCUT2D eigenvalue weighted by molar-refractivity contribution is 5.79. The molecule has 1 rings (SSSR count). The summed E-state index contributed by atoms with van der Waals surface area (Å²) in [4.78, 5) is 22.4. The van der Waals surface area contributed by atoms with Gasteiger partial charge in [-0.15, -0.1) is 0 Å². The summed E-state index contributed by atoms with van der Waals surface area (Å²) >= 11 is 0. The molecule has 1 saturated heterocycles. The fourth-order valence-electron chi connectivity index (χ4n) is 1.59. The molecule has 1 aliphatic heterocycles. The fraction of sp³-hybridized carbons (Fsp3) is 0.750. The third-order valence-corrected chi connectivity index (χ3v) is 2.28. The molecule has 0 unspecified atom stereocenters. The molecule has 1 heterocycles. The summed E-state index contributed by atoms with van der Waals surface area (Å²) in [5, 5.41) is 17.5. The van der Waals surface area contributed by atoms with E-state index in [1.54, 1.807) is 0 Å². The SMILES string of the molecule is O=C(O)[C@@H]1CCCCCN1C(=O)O. The first kappa shape index (κ1) is 9.83. The summed E-state index contributed by atoms with van der Waals surface area (Å²) in [5.41, 5.74) is 0. The van der Waals surface area contributed by atoms with Crippen LogP contribution in [-0.4, -0.2) is 39.8 Å². The number of hydrogen-bond donors (Lipinski definition) is 2.